The molecule has 0 aromatic heterocycles. The van der Waals surface area contributed by atoms with Gasteiger partial charge in [0.05, 0.1) is 7.11 Å². The summed E-state index contributed by atoms with van der Waals surface area (Å²) in [4.78, 5) is 41.6. The van der Waals surface area contributed by atoms with Crippen molar-refractivity contribution in [1.29, 1.82) is 0 Å². The Kier molecular flexibility index (Phi) is 11.8. The number of phenols is 1. The average molecular weight is 605 g/mol. The van der Waals surface area contributed by atoms with Crippen LogP contribution in [0.15, 0.2) is 72.8 Å². The molecule has 0 saturated heterocycles. The fourth-order valence-electron chi connectivity index (χ4n) is 4.49. The lowest BCUT2D eigenvalue weighted by Gasteiger charge is -2.31. The third-order valence-corrected chi connectivity index (χ3v) is 6.83. The van der Waals surface area contributed by atoms with Crippen molar-refractivity contribution in [2.24, 2.45) is 0 Å². The molecule has 0 fully saturated rings. The maximum atomic E-state index is 13.9. The number of likely N-dealkylation sites (N-methyl/N-ethyl adjacent to an activating group) is 1. The first-order chi connectivity index (χ1) is 20.8. The lowest BCUT2D eigenvalue weighted by molar-refractivity contribution is -0.149. The third kappa shape index (κ3) is 10.0. The molecule has 11 heteroatoms. The molecule has 44 heavy (non-hydrogen) atoms. The van der Waals surface area contributed by atoms with Crippen LogP contribution in [0.1, 0.15) is 37.5 Å². The van der Waals surface area contributed by atoms with Gasteiger partial charge in [-0.25, -0.2) is 9.59 Å². The van der Waals surface area contributed by atoms with Crippen molar-refractivity contribution in [2.75, 3.05) is 14.2 Å². The van der Waals surface area contributed by atoms with Gasteiger partial charge in [0.1, 0.15) is 35.8 Å². The Balaban J connectivity index is 1.92. The molecular formula is C33H41BN2O8. The van der Waals surface area contributed by atoms with Crippen molar-refractivity contribution in [3.05, 3.63) is 89.5 Å². The van der Waals surface area contributed by atoms with Crippen molar-refractivity contribution in [2.45, 2.75) is 64.7 Å². The molecule has 0 radical (unpaired) electrons. The molecule has 0 aliphatic rings. The molecule has 10 nitrogen and oxygen atoms in total. The number of rotatable bonds is 12. The van der Waals surface area contributed by atoms with Crippen LogP contribution in [0.5, 0.6) is 11.5 Å². The zero-order valence-electron chi connectivity index (χ0n) is 26.1. The molecule has 3 aromatic carbocycles. The van der Waals surface area contributed by atoms with Gasteiger partial charge in [0, 0.05) is 19.9 Å². The molecule has 0 saturated carbocycles. The lowest BCUT2D eigenvalue weighted by Crippen LogP contribution is -2.54. The first-order valence-corrected chi connectivity index (χ1v) is 14.4. The number of ether oxygens (including phenoxy) is 3. The van der Waals surface area contributed by atoms with Crippen molar-refractivity contribution in [3.63, 3.8) is 0 Å². The lowest BCUT2D eigenvalue weighted by atomic mass is 9.63. The molecule has 2 amide bonds. The number of hydrogen-bond acceptors (Lipinski definition) is 8. The van der Waals surface area contributed by atoms with Gasteiger partial charge in [-0.2, -0.15) is 0 Å². The monoisotopic (exact) mass is 604 g/mol. The number of nitrogens with zero attached hydrogens (tertiary/aromatic N) is 1. The number of benzene rings is 3. The maximum absolute atomic E-state index is 13.9. The van der Waals surface area contributed by atoms with Crippen LogP contribution in [0.4, 0.5) is 4.79 Å². The van der Waals surface area contributed by atoms with E-state index in [1.807, 2.05) is 30.3 Å². The molecule has 3 N–H and O–H groups in total. The summed E-state index contributed by atoms with van der Waals surface area (Å²) >= 11 is 0. The number of carbonyl (C=O) groups is 3. The van der Waals surface area contributed by atoms with E-state index in [0.717, 1.165) is 5.56 Å². The van der Waals surface area contributed by atoms with Crippen LogP contribution in [-0.2, 0) is 38.5 Å². The second-order valence-electron chi connectivity index (χ2n) is 11.6. The first kappa shape index (κ1) is 34.0. The predicted octanol–water partition coefficient (Wildman–Crippen LogP) is 3.47. The van der Waals surface area contributed by atoms with Gasteiger partial charge < -0.3 is 29.7 Å². The maximum Gasteiger partial charge on any atom is 0.410 e. The number of methoxy groups -OCH3 is 1. The Hall–Kier alpha value is -4.51. The van der Waals surface area contributed by atoms with Crippen LogP contribution in [0.25, 0.3) is 0 Å². The van der Waals surface area contributed by atoms with Gasteiger partial charge >= 0.3 is 19.0 Å². The zero-order valence-corrected chi connectivity index (χ0v) is 26.1. The molecule has 3 aromatic rings. The smallest absolute Gasteiger partial charge is 0.410 e. The van der Waals surface area contributed by atoms with Gasteiger partial charge in [0.25, 0.3) is 0 Å². The second-order valence-corrected chi connectivity index (χ2v) is 11.6. The highest BCUT2D eigenvalue weighted by Crippen LogP contribution is 2.18. The molecular weight excluding hydrogens is 563 g/mol. The van der Waals surface area contributed by atoms with Crippen LogP contribution in [0.2, 0.25) is 6.82 Å². The van der Waals surface area contributed by atoms with E-state index in [-0.39, 0.29) is 25.2 Å². The van der Waals surface area contributed by atoms with E-state index in [1.165, 1.54) is 31.2 Å². The number of aromatic hydroxyl groups is 1. The molecule has 0 heterocycles. The van der Waals surface area contributed by atoms with E-state index in [9.17, 15) is 24.5 Å². The molecule has 0 spiro atoms. The zero-order chi connectivity index (χ0) is 32.4. The normalized spacial score (nSPS) is 12.4. The number of hydrogen-bond donors (Lipinski definition) is 3. The average Bonchev–Trinajstić information content (AvgIpc) is 2.98. The fraction of sp³-hybridized carbons (Fsp3) is 0.364. The number of esters is 1. The quantitative estimate of drug-likeness (QED) is 0.211. The van der Waals surface area contributed by atoms with Gasteiger partial charge in [-0.15, -0.1) is 0 Å². The molecule has 0 bridgehead atoms. The van der Waals surface area contributed by atoms with Gasteiger partial charge in [0.15, 0.2) is 0 Å². The van der Waals surface area contributed by atoms with Crippen LogP contribution in [-0.4, -0.2) is 71.8 Å². The van der Waals surface area contributed by atoms with E-state index in [0.29, 0.717) is 22.3 Å². The van der Waals surface area contributed by atoms with Gasteiger partial charge in [-0.1, -0.05) is 61.4 Å². The van der Waals surface area contributed by atoms with Crippen LogP contribution >= 0.6 is 0 Å². The van der Waals surface area contributed by atoms with Crippen LogP contribution in [0.3, 0.4) is 0 Å². The molecule has 0 aliphatic carbocycles. The minimum Gasteiger partial charge on any atom is -0.508 e. The Morgan fingerprint density at radius 1 is 0.932 bits per heavy atom. The van der Waals surface area contributed by atoms with E-state index < -0.39 is 42.6 Å². The number of amides is 2. The summed E-state index contributed by atoms with van der Waals surface area (Å²) in [6.07, 6.45) is -0.579. The topological polar surface area (TPSA) is 135 Å². The minimum absolute atomic E-state index is 0.00231. The summed E-state index contributed by atoms with van der Waals surface area (Å²) in [6, 6.07) is 18.4. The van der Waals surface area contributed by atoms with Crippen LogP contribution < -0.4 is 15.5 Å². The summed E-state index contributed by atoms with van der Waals surface area (Å²) in [6.45, 7) is 5.95. The number of carbonyl (C=O) groups excluding carboxylic acids is 3. The Morgan fingerprint density at radius 3 is 2.16 bits per heavy atom. The van der Waals surface area contributed by atoms with Gasteiger partial charge in [-0.3, -0.25) is 9.69 Å². The largest absolute Gasteiger partial charge is 0.508 e. The highest BCUT2D eigenvalue weighted by molar-refractivity contribution is 6.65. The number of phenolic OH excluding ortho intramolecular Hbond substituents is 1. The summed E-state index contributed by atoms with van der Waals surface area (Å²) in [5.74, 6) is -0.714. The molecule has 3 rings (SSSR count). The van der Waals surface area contributed by atoms with E-state index >= 15 is 0 Å². The summed E-state index contributed by atoms with van der Waals surface area (Å²) in [5, 5.41) is 22.8. The minimum atomic E-state index is -1.13. The highest BCUT2D eigenvalue weighted by atomic mass is 16.6. The second kappa shape index (κ2) is 15.3. The fourth-order valence-corrected chi connectivity index (χ4v) is 4.49. The Morgan fingerprint density at radius 2 is 1.57 bits per heavy atom. The molecule has 0 aliphatic heterocycles. The van der Waals surface area contributed by atoms with Crippen molar-refractivity contribution in [1.82, 2.24) is 10.2 Å². The van der Waals surface area contributed by atoms with E-state index in [2.05, 4.69) is 5.32 Å². The van der Waals surface area contributed by atoms with Crippen molar-refractivity contribution in [3.8, 4) is 11.5 Å². The molecule has 234 valence electrons. The summed E-state index contributed by atoms with van der Waals surface area (Å²) in [5.41, 5.74) is 1.84. The predicted molar refractivity (Wildman–Crippen MR) is 168 cm³/mol. The third-order valence-electron chi connectivity index (χ3n) is 6.83. The first-order valence-electron chi connectivity index (χ1n) is 14.4. The number of nitrogens with one attached hydrogen (secondary N) is 1. The van der Waals surface area contributed by atoms with Crippen LogP contribution in [0, 0.1) is 0 Å². The molecule has 0 unspecified atom stereocenters. The van der Waals surface area contributed by atoms with Crippen molar-refractivity contribution >= 4 is 30.3 Å². The van der Waals surface area contributed by atoms with Gasteiger partial charge in [-0.05, 0) is 61.1 Å². The standard InChI is InChI=1S/C33H41BN2O8/c1-33(2,3)44-32(40)36(5)28(20-22-12-15-25(37)16-13-22)30(38)35-27(31(39)43-21-23-10-8-7-9-11-23)19-24-14-17-29(42-6)26(18-24)34(4)41/h7-18,27-28,37,41H,19-21H2,1-6H3,(H,35,38)/t27-,28-/m0/s1. The highest BCUT2D eigenvalue weighted by Gasteiger charge is 2.34. The van der Waals surface area contributed by atoms with E-state index in [1.54, 1.807) is 57.9 Å². The Labute approximate surface area is 259 Å². The SMILES string of the molecule is COc1ccc(C[C@H](NC(=O)[C@H](Cc2ccc(O)cc2)N(C)C(=O)OC(C)(C)C)C(=O)OCc2ccccc2)cc1B(C)O. The Bertz CT molecular complexity index is 1410. The van der Waals surface area contributed by atoms with Gasteiger partial charge in [0.2, 0.25) is 5.91 Å². The van der Waals surface area contributed by atoms with E-state index in [4.69, 9.17) is 14.2 Å². The summed E-state index contributed by atoms with van der Waals surface area (Å²) < 4.78 is 16.5. The molecule has 2 atom stereocenters. The summed E-state index contributed by atoms with van der Waals surface area (Å²) in [7, 11) is 2.96. The van der Waals surface area contributed by atoms with Crippen molar-refractivity contribution < 1.29 is 38.7 Å².